The van der Waals surface area contributed by atoms with E-state index >= 15 is 0 Å². The molecule has 0 aliphatic heterocycles. The van der Waals surface area contributed by atoms with Gasteiger partial charge in [-0.25, -0.2) is 4.79 Å². The highest BCUT2D eigenvalue weighted by atomic mass is 16.5. The van der Waals surface area contributed by atoms with Crippen LogP contribution in [0.5, 0.6) is 11.5 Å². The van der Waals surface area contributed by atoms with Gasteiger partial charge < -0.3 is 19.9 Å². The lowest BCUT2D eigenvalue weighted by Gasteiger charge is -2.27. The predicted molar refractivity (Wildman–Crippen MR) is 106 cm³/mol. The van der Waals surface area contributed by atoms with Crippen LogP contribution in [0, 0.1) is 5.41 Å². The van der Waals surface area contributed by atoms with Crippen LogP contribution in [0.3, 0.4) is 0 Å². The number of carbonyl (C=O) groups is 1. The number of benzene rings is 2. The van der Waals surface area contributed by atoms with Crippen molar-refractivity contribution in [2.24, 2.45) is 5.41 Å². The number of methoxy groups -OCH3 is 1. The van der Waals surface area contributed by atoms with Crippen LogP contribution in [-0.4, -0.2) is 24.4 Å². The first kappa shape index (κ1) is 19.1. The van der Waals surface area contributed by atoms with Gasteiger partial charge in [0.25, 0.3) is 0 Å². The molecule has 0 bridgehead atoms. The van der Waals surface area contributed by atoms with E-state index in [9.17, 15) is 9.90 Å². The molecule has 2 aromatic rings. The lowest BCUT2D eigenvalue weighted by Crippen LogP contribution is -2.34. The SMILES string of the molecule is COc1cc2c(cc1-c1cccc(OC(C)C)c1)CC(C)(C)C2NC(=O)O. The van der Waals surface area contributed by atoms with Gasteiger partial charge in [-0.1, -0.05) is 26.0 Å². The Balaban J connectivity index is 2.06. The number of amides is 1. The van der Waals surface area contributed by atoms with E-state index in [4.69, 9.17) is 9.47 Å². The highest BCUT2D eigenvalue weighted by Crippen LogP contribution is 2.48. The summed E-state index contributed by atoms with van der Waals surface area (Å²) in [5.41, 5.74) is 3.92. The van der Waals surface area contributed by atoms with Gasteiger partial charge in [0.15, 0.2) is 0 Å². The Morgan fingerprint density at radius 1 is 1.26 bits per heavy atom. The van der Waals surface area contributed by atoms with Gasteiger partial charge in [0.2, 0.25) is 0 Å². The van der Waals surface area contributed by atoms with Gasteiger partial charge in [-0.15, -0.1) is 0 Å². The molecule has 1 atom stereocenters. The number of rotatable bonds is 5. The molecular formula is C22H27NO4. The zero-order valence-corrected chi connectivity index (χ0v) is 16.5. The molecule has 1 aliphatic carbocycles. The van der Waals surface area contributed by atoms with E-state index in [-0.39, 0.29) is 17.6 Å². The van der Waals surface area contributed by atoms with Crippen LogP contribution in [0.1, 0.15) is 44.9 Å². The number of hydrogen-bond donors (Lipinski definition) is 2. The molecule has 0 fully saturated rings. The van der Waals surface area contributed by atoms with Crippen LogP contribution in [0.2, 0.25) is 0 Å². The summed E-state index contributed by atoms with van der Waals surface area (Å²) in [7, 11) is 1.64. The average Bonchev–Trinajstić information content (AvgIpc) is 2.82. The summed E-state index contributed by atoms with van der Waals surface area (Å²) >= 11 is 0. The van der Waals surface area contributed by atoms with Crippen molar-refractivity contribution in [2.75, 3.05) is 7.11 Å². The van der Waals surface area contributed by atoms with Crippen molar-refractivity contribution in [1.29, 1.82) is 0 Å². The van der Waals surface area contributed by atoms with Crippen molar-refractivity contribution in [1.82, 2.24) is 5.32 Å². The standard InChI is InChI=1S/C22H27NO4/c1-13(2)27-16-8-6-7-14(9-16)17-10-15-12-22(3,4)20(23-21(24)25)18(15)11-19(17)26-5/h6-11,13,20,23H,12H2,1-5H3,(H,24,25). The van der Waals surface area contributed by atoms with Crippen molar-refractivity contribution in [3.63, 3.8) is 0 Å². The number of fused-ring (bicyclic) bond motifs is 1. The minimum Gasteiger partial charge on any atom is -0.496 e. The van der Waals surface area contributed by atoms with Crippen molar-refractivity contribution in [3.8, 4) is 22.6 Å². The molecule has 1 unspecified atom stereocenters. The Kier molecular flexibility index (Phi) is 5.05. The molecule has 0 saturated heterocycles. The Morgan fingerprint density at radius 3 is 2.63 bits per heavy atom. The second-order valence-corrected chi connectivity index (χ2v) is 7.99. The predicted octanol–water partition coefficient (Wildman–Crippen LogP) is 5.04. The monoisotopic (exact) mass is 369 g/mol. The van der Waals surface area contributed by atoms with Crippen LogP contribution in [0.25, 0.3) is 11.1 Å². The Morgan fingerprint density at radius 2 is 2.00 bits per heavy atom. The first-order valence-electron chi connectivity index (χ1n) is 9.18. The third kappa shape index (κ3) is 3.87. The van der Waals surface area contributed by atoms with Crippen LogP contribution in [-0.2, 0) is 6.42 Å². The fourth-order valence-electron chi connectivity index (χ4n) is 3.88. The van der Waals surface area contributed by atoms with Gasteiger partial charge in [-0.05, 0) is 66.6 Å². The van der Waals surface area contributed by atoms with Crippen molar-refractivity contribution < 1.29 is 19.4 Å². The van der Waals surface area contributed by atoms with Gasteiger partial charge in [0, 0.05) is 5.56 Å². The molecule has 2 aromatic carbocycles. The number of nitrogens with one attached hydrogen (secondary N) is 1. The lowest BCUT2D eigenvalue weighted by molar-refractivity contribution is 0.175. The lowest BCUT2D eigenvalue weighted by atomic mass is 9.85. The quantitative estimate of drug-likeness (QED) is 0.775. The minimum atomic E-state index is -1.01. The first-order valence-corrected chi connectivity index (χ1v) is 9.18. The summed E-state index contributed by atoms with van der Waals surface area (Å²) < 4.78 is 11.5. The third-order valence-corrected chi connectivity index (χ3v) is 4.98. The van der Waals surface area contributed by atoms with Gasteiger partial charge in [-0.2, -0.15) is 0 Å². The molecule has 27 heavy (non-hydrogen) atoms. The van der Waals surface area contributed by atoms with Crippen molar-refractivity contribution in [2.45, 2.75) is 46.3 Å². The minimum absolute atomic E-state index is 0.103. The maximum atomic E-state index is 11.3. The van der Waals surface area contributed by atoms with Crippen molar-refractivity contribution >= 4 is 6.09 Å². The van der Waals surface area contributed by atoms with E-state index in [0.717, 1.165) is 40.2 Å². The number of hydrogen-bond acceptors (Lipinski definition) is 3. The summed E-state index contributed by atoms with van der Waals surface area (Å²) in [5.74, 6) is 1.54. The van der Waals surface area contributed by atoms with Crippen LogP contribution in [0.4, 0.5) is 4.79 Å². The normalized spacial score (nSPS) is 17.5. The fraction of sp³-hybridized carbons (Fsp3) is 0.409. The molecular weight excluding hydrogens is 342 g/mol. The first-order chi connectivity index (χ1) is 12.7. The second kappa shape index (κ2) is 7.14. The van der Waals surface area contributed by atoms with E-state index in [0.29, 0.717) is 0 Å². The molecule has 0 saturated carbocycles. The molecule has 1 aliphatic rings. The second-order valence-electron chi connectivity index (χ2n) is 7.99. The summed E-state index contributed by atoms with van der Waals surface area (Å²) in [5, 5.41) is 11.9. The largest absolute Gasteiger partial charge is 0.496 e. The number of carboxylic acid groups (broad SMARTS) is 1. The molecule has 0 radical (unpaired) electrons. The topological polar surface area (TPSA) is 67.8 Å². The molecule has 5 heteroatoms. The molecule has 1 amide bonds. The van der Waals surface area contributed by atoms with Crippen LogP contribution >= 0.6 is 0 Å². The number of ether oxygens (including phenoxy) is 2. The van der Waals surface area contributed by atoms with Crippen molar-refractivity contribution in [3.05, 3.63) is 47.5 Å². The summed E-state index contributed by atoms with van der Waals surface area (Å²) in [6, 6.07) is 11.8. The van der Waals surface area contributed by atoms with Gasteiger partial charge in [0.05, 0.1) is 19.3 Å². The molecule has 2 N–H and O–H groups in total. The maximum absolute atomic E-state index is 11.3. The molecule has 144 valence electrons. The third-order valence-electron chi connectivity index (χ3n) is 4.98. The van der Waals surface area contributed by atoms with E-state index in [1.54, 1.807) is 7.11 Å². The van der Waals surface area contributed by atoms with E-state index in [1.807, 2.05) is 44.2 Å². The Bertz CT molecular complexity index is 857. The molecule has 0 spiro atoms. The molecule has 5 nitrogen and oxygen atoms in total. The Labute approximate surface area is 160 Å². The summed E-state index contributed by atoms with van der Waals surface area (Å²) in [6.07, 6.45) is -0.111. The van der Waals surface area contributed by atoms with E-state index < -0.39 is 6.09 Å². The highest BCUT2D eigenvalue weighted by molar-refractivity contribution is 5.74. The van der Waals surface area contributed by atoms with Crippen LogP contribution < -0.4 is 14.8 Å². The van der Waals surface area contributed by atoms with Gasteiger partial charge in [-0.3, -0.25) is 0 Å². The molecule has 0 aromatic heterocycles. The Hall–Kier alpha value is -2.69. The maximum Gasteiger partial charge on any atom is 0.405 e. The average molecular weight is 369 g/mol. The van der Waals surface area contributed by atoms with E-state index in [2.05, 4.69) is 25.2 Å². The fourth-order valence-corrected chi connectivity index (χ4v) is 3.88. The van der Waals surface area contributed by atoms with E-state index in [1.165, 1.54) is 0 Å². The smallest absolute Gasteiger partial charge is 0.405 e. The zero-order chi connectivity index (χ0) is 19.8. The van der Waals surface area contributed by atoms with Crippen LogP contribution in [0.15, 0.2) is 36.4 Å². The molecule has 3 rings (SSSR count). The highest BCUT2D eigenvalue weighted by Gasteiger charge is 2.40. The summed E-state index contributed by atoms with van der Waals surface area (Å²) in [4.78, 5) is 11.3. The van der Waals surface area contributed by atoms with Gasteiger partial charge >= 0.3 is 6.09 Å². The van der Waals surface area contributed by atoms with Gasteiger partial charge in [0.1, 0.15) is 11.5 Å². The zero-order valence-electron chi connectivity index (χ0n) is 16.5. The summed E-state index contributed by atoms with van der Waals surface area (Å²) in [6.45, 7) is 8.16. The molecule has 0 heterocycles.